The number of rotatable bonds is 5. The Morgan fingerprint density at radius 1 is 0.897 bits per heavy atom. The van der Waals surface area contributed by atoms with Crippen LogP contribution in [0.4, 0.5) is 0 Å². The van der Waals surface area contributed by atoms with Gasteiger partial charge in [0.05, 0.1) is 24.4 Å². The maximum Gasteiger partial charge on any atom is 0.303 e. The fourth-order valence-corrected chi connectivity index (χ4v) is 11.4. The summed E-state index contributed by atoms with van der Waals surface area (Å²) in [6.07, 6.45) is -1.63. The van der Waals surface area contributed by atoms with Gasteiger partial charge in [0, 0.05) is 30.1 Å². The molecule has 0 saturated heterocycles. The molecule has 5 aliphatic rings. The molecule has 0 spiro atoms. The lowest BCUT2D eigenvalue weighted by Crippen LogP contribution is -2.77. The lowest BCUT2D eigenvalue weighted by molar-refractivity contribution is -0.324. The minimum atomic E-state index is -1.74. The van der Waals surface area contributed by atoms with Crippen LogP contribution in [0.3, 0.4) is 0 Å². The highest BCUT2D eigenvalue weighted by Gasteiger charge is 2.75. The summed E-state index contributed by atoms with van der Waals surface area (Å²) >= 11 is 0. The van der Waals surface area contributed by atoms with Crippen molar-refractivity contribution in [2.75, 3.05) is 0 Å². The van der Waals surface area contributed by atoms with Crippen molar-refractivity contribution in [3.05, 3.63) is 0 Å². The van der Waals surface area contributed by atoms with Gasteiger partial charge in [0.2, 0.25) is 0 Å². The summed E-state index contributed by atoms with van der Waals surface area (Å²) in [6, 6.07) is 0. The van der Waals surface area contributed by atoms with Crippen LogP contribution in [-0.4, -0.2) is 67.6 Å². The number of aliphatic hydroxyl groups excluding tert-OH is 4. The Hall–Kier alpha value is -0.730. The van der Waals surface area contributed by atoms with Crippen LogP contribution in [0.2, 0.25) is 0 Å². The van der Waals surface area contributed by atoms with E-state index in [-0.39, 0.29) is 36.0 Å². The largest absolute Gasteiger partial charge is 0.459 e. The highest BCUT2D eigenvalue weighted by Crippen LogP contribution is 2.72. The number of carbonyl (C=O) groups is 1. The zero-order valence-corrected chi connectivity index (χ0v) is 25.3. The summed E-state index contributed by atoms with van der Waals surface area (Å²) in [6.45, 7) is 17.1. The maximum absolute atomic E-state index is 12.5. The molecule has 7 heteroatoms. The van der Waals surface area contributed by atoms with E-state index in [9.17, 15) is 30.3 Å². The van der Waals surface area contributed by atoms with Gasteiger partial charge in [-0.05, 0) is 78.9 Å². The maximum atomic E-state index is 12.5. The van der Waals surface area contributed by atoms with Crippen molar-refractivity contribution in [1.29, 1.82) is 0 Å². The van der Waals surface area contributed by atoms with Crippen LogP contribution in [0, 0.1) is 63.6 Å². The van der Waals surface area contributed by atoms with Crippen molar-refractivity contribution in [2.45, 2.75) is 130 Å². The van der Waals surface area contributed by atoms with Gasteiger partial charge < -0.3 is 30.3 Å². The normalized spacial score (nSPS) is 56.3. The predicted octanol–water partition coefficient (Wildman–Crippen LogP) is 3.53. The second-order valence-corrected chi connectivity index (χ2v) is 15.6. The monoisotopic (exact) mass is 550 g/mol. The number of hydrogen-bond acceptors (Lipinski definition) is 7. The standard InChI is InChI=1S/C32H54O7/c1-15(2)17(4)29(6)14-23(29)16(3)21-9-10-22-20-12-25(36)32(38)13-19(34)11-24(35)31(32,8)26(20)27(37)28(30(21,22)7)39-18(5)33/h15-17,19-28,34-38H,9-14H2,1-8H3/t16-,17+,19-,20-,21+,22-,23+,24-,25+,26+,27-,28+,29+,30+,31+,32-/m0/s1. The first-order chi connectivity index (χ1) is 18.0. The van der Waals surface area contributed by atoms with Crippen LogP contribution in [0.5, 0.6) is 0 Å². The summed E-state index contributed by atoms with van der Waals surface area (Å²) in [5.74, 6) is 1.35. The molecule has 5 aliphatic carbocycles. The molecule has 0 bridgehead atoms. The Labute approximate surface area is 234 Å². The molecule has 0 amide bonds. The number of aliphatic hydroxyl groups is 5. The number of fused-ring (bicyclic) bond motifs is 5. The molecule has 5 fully saturated rings. The van der Waals surface area contributed by atoms with Crippen LogP contribution in [0.25, 0.3) is 0 Å². The molecule has 0 unspecified atom stereocenters. The second kappa shape index (κ2) is 9.39. The highest BCUT2D eigenvalue weighted by molar-refractivity contribution is 5.66. The quantitative estimate of drug-likeness (QED) is 0.331. The van der Waals surface area contributed by atoms with Crippen molar-refractivity contribution in [3.8, 4) is 0 Å². The summed E-state index contributed by atoms with van der Waals surface area (Å²) in [7, 11) is 0. The smallest absolute Gasteiger partial charge is 0.303 e. The Kier molecular flexibility index (Phi) is 7.16. The lowest BCUT2D eigenvalue weighted by atomic mass is 9.40. The van der Waals surface area contributed by atoms with Crippen LogP contribution >= 0.6 is 0 Å². The van der Waals surface area contributed by atoms with Crippen molar-refractivity contribution < 1.29 is 35.1 Å². The molecular weight excluding hydrogens is 496 g/mol. The van der Waals surface area contributed by atoms with Gasteiger partial charge in [0.25, 0.3) is 0 Å². The Morgan fingerprint density at radius 2 is 1.54 bits per heavy atom. The third-order valence-corrected chi connectivity index (χ3v) is 14.0. The van der Waals surface area contributed by atoms with Crippen LogP contribution < -0.4 is 0 Å². The SMILES string of the molecule is CC(=O)O[C@@H]1[C@@H](O)[C@H]2[C@@H](C[C@@H](O)[C@@]3(O)C[C@@H](O)C[C@H](O)[C@]23C)[C@@H]2CC[C@H]([C@H](C)[C@H]3C[C@]3(C)[C@H](C)C(C)C)[C@@]12C. The zero-order chi connectivity index (χ0) is 29.0. The first-order valence-corrected chi connectivity index (χ1v) is 15.6. The van der Waals surface area contributed by atoms with E-state index >= 15 is 0 Å². The first-order valence-electron chi connectivity index (χ1n) is 15.6. The Morgan fingerprint density at radius 3 is 2.13 bits per heavy atom. The molecule has 5 N–H and O–H groups in total. The summed E-state index contributed by atoms with van der Waals surface area (Å²) in [5, 5.41) is 57.3. The Balaban J connectivity index is 1.55. The summed E-state index contributed by atoms with van der Waals surface area (Å²) in [5.41, 5.74) is -3.19. The van der Waals surface area contributed by atoms with E-state index in [4.69, 9.17) is 4.74 Å². The van der Waals surface area contributed by atoms with Gasteiger partial charge in [-0.1, -0.05) is 48.5 Å². The molecule has 5 saturated carbocycles. The van der Waals surface area contributed by atoms with Crippen molar-refractivity contribution >= 4 is 5.97 Å². The lowest BCUT2D eigenvalue weighted by Gasteiger charge is -2.68. The minimum Gasteiger partial charge on any atom is -0.459 e. The Bertz CT molecular complexity index is 970. The van der Waals surface area contributed by atoms with E-state index in [1.54, 1.807) is 6.92 Å². The molecule has 5 rings (SSSR count). The van der Waals surface area contributed by atoms with Gasteiger partial charge in [0.15, 0.2) is 0 Å². The fourth-order valence-electron chi connectivity index (χ4n) is 11.4. The molecule has 0 aromatic rings. The van der Waals surface area contributed by atoms with Crippen LogP contribution in [0.1, 0.15) is 93.9 Å². The zero-order valence-electron chi connectivity index (χ0n) is 25.3. The molecule has 7 nitrogen and oxygen atoms in total. The number of esters is 1. The third-order valence-electron chi connectivity index (χ3n) is 14.0. The van der Waals surface area contributed by atoms with E-state index in [1.165, 1.54) is 13.3 Å². The van der Waals surface area contributed by atoms with Crippen LogP contribution in [-0.2, 0) is 9.53 Å². The number of hydrogen-bond donors (Lipinski definition) is 5. The molecule has 0 radical (unpaired) electrons. The summed E-state index contributed by atoms with van der Waals surface area (Å²) in [4.78, 5) is 12.5. The minimum absolute atomic E-state index is 0.0498. The van der Waals surface area contributed by atoms with Gasteiger partial charge >= 0.3 is 5.97 Å². The van der Waals surface area contributed by atoms with E-state index in [2.05, 4.69) is 41.5 Å². The highest BCUT2D eigenvalue weighted by atomic mass is 16.6. The van der Waals surface area contributed by atoms with Gasteiger partial charge in [-0.3, -0.25) is 4.79 Å². The number of carbonyl (C=O) groups excluding carboxylic acids is 1. The predicted molar refractivity (Wildman–Crippen MR) is 147 cm³/mol. The van der Waals surface area contributed by atoms with E-state index < -0.39 is 58.8 Å². The van der Waals surface area contributed by atoms with Crippen LogP contribution in [0.15, 0.2) is 0 Å². The molecule has 0 aromatic carbocycles. The molecule has 0 heterocycles. The number of ether oxygens (including phenoxy) is 1. The van der Waals surface area contributed by atoms with Gasteiger partial charge in [0.1, 0.15) is 11.7 Å². The average molecular weight is 551 g/mol. The molecule has 224 valence electrons. The van der Waals surface area contributed by atoms with Crippen molar-refractivity contribution in [3.63, 3.8) is 0 Å². The van der Waals surface area contributed by atoms with Crippen molar-refractivity contribution in [1.82, 2.24) is 0 Å². The molecule has 0 aliphatic heterocycles. The second-order valence-electron chi connectivity index (χ2n) is 15.6. The van der Waals surface area contributed by atoms with E-state index in [1.807, 2.05) is 0 Å². The molecule has 0 aromatic heterocycles. The third kappa shape index (κ3) is 3.88. The van der Waals surface area contributed by atoms with E-state index in [0.717, 1.165) is 12.8 Å². The van der Waals surface area contributed by atoms with Gasteiger partial charge in [-0.25, -0.2) is 0 Å². The molecular formula is C32H54O7. The van der Waals surface area contributed by atoms with Gasteiger partial charge in [-0.15, -0.1) is 0 Å². The average Bonchev–Trinajstić information content (AvgIpc) is 3.40. The van der Waals surface area contributed by atoms with E-state index in [0.29, 0.717) is 30.1 Å². The van der Waals surface area contributed by atoms with Gasteiger partial charge in [-0.2, -0.15) is 0 Å². The molecule has 16 atom stereocenters. The fraction of sp³-hybridized carbons (Fsp3) is 0.969. The summed E-state index contributed by atoms with van der Waals surface area (Å²) < 4.78 is 6.06. The molecule has 39 heavy (non-hydrogen) atoms. The van der Waals surface area contributed by atoms with Crippen molar-refractivity contribution in [2.24, 2.45) is 63.6 Å². The first kappa shape index (κ1) is 29.8. The topological polar surface area (TPSA) is 127 Å².